The lowest BCUT2D eigenvalue weighted by molar-refractivity contribution is 0.584. The average molecular weight is 502 g/mol. The predicted octanol–water partition coefficient (Wildman–Crippen LogP) is 8.99. The Kier molecular flexibility index (Phi) is 6.80. The number of nitrogens with zero attached hydrogens (tertiary/aromatic N) is 2. The molecule has 0 amide bonds. The van der Waals surface area contributed by atoms with Gasteiger partial charge in [-0.15, -0.1) is 0 Å². The molecule has 0 atom stereocenters. The Hall–Kier alpha value is -2.79. The van der Waals surface area contributed by atoms with E-state index in [1.807, 2.05) is 38.1 Å². The van der Waals surface area contributed by atoms with Crippen molar-refractivity contribution in [2.24, 2.45) is 0 Å². The normalized spacial score (nSPS) is 10.9. The molecule has 0 fully saturated rings. The number of fused-ring (bicyclic) bond motifs is 2. The van der Waals surface area contributed by atoms with Crippen molar-refractivity contribution in [1.29, 1.82) is 0 Å². The van der Waals surface area contributed by atoms with E-state index in [4.69, 9.17) is 34.8 Å². The molecular weight excluding hydrogens is 485 g/mol. The van der Waals surface area contributed by atoms with Crippen LogP contribution in [0.1, 0.15) is 11.1 Å². The van der Waals surface area contributed by atoms with Crippen molar-refractivity contribution < 1.29 is 8.78 Å². The second kappa shape index (κ2) is 9.60. The molecule has 2 heterocycles. The van der Waals surface area contributed by atoms with Gasteiger partial charge in [-0.2, -0.15) is 0 Å². The van der Waals surface area contributed by atoms with Gasteiger partial charge in [0.25, 0.3) is 0 Å². The van der Waals surface area contributed by atoms with Gasteiger partial charge in [-0.3, -0.25) is 9.97 Å². The van der Waals surface area contributed by atoms with Gasteiger partial charge in [-0.1, -0.05) is 34.8 Å². The van der Waals surface area contributed by atoms with Crippen LogP contribution in [0.3, 0.4) is 0 Å². The third-order valence-corrected chi connectivity index (χ3v) is 6.66. The molecule has 0 saturated carbocycles. The van der Waals surface area contributed by atoms with Crippen LogP contribution in [0.4, 0.5) is 8.78 Å². The maximum absolute atomic E-state index is 13.4. The Morgan fingerprint density at radius 1 is 0.667 bits per heavy atom. The van der Waals surface area contributed by atoms with Gasteiger partial charge in [0.15, 0.2) is 0 Å². The summed E-state index contributed by atoms with van der Waals surface area (Å²) >= 11 is 18.4. The van der Waals surface area contributed by atoms with Crippen molar-refractivity contribution in [2.75, 3.05) is 0 Å². The van der Waals surface area contributed by atoms with E-state index in [1.165, 1.54) is 12.1 Å². The number of hydrogen-bond donors (Lipinski definition) is 0. The molecule has 0 N–H and O–H groups in total. The van der Waals surface area contributed by atoms with Crippen LogP contribution >= 0.6 is 34.8 Å². The molecule has 0 spiro atoms. The summed E-state index contributed by atoms with van der Waals surface area (Å²) in [4.78, 5) is 8.42. The minimum Gasteiger partial charge on any atom is -0.256 e. The maximum Gasteiger partial charge on any atom is 0.126 e. The molecule has 0 aliphatic rings. The molecule has 0 aliphatic carbocycles. The smallest absolute Gasteiger partial charge is 0.126 e. The summed E-state index contributed by atoms with van der Waals surface area (Å²) in [6.07, 6.45) is 3.38. The predicted molar refractivity (Wildman–Crippen MR) is 133 cm³/mol. The number of hydrogen-bond acceptors (Lipinski definition) is 2. The fraction of sp³-hybridized carbons (Fsp3) is 0.0769. The summed E-state index contributed by atoms with van der Waals surface area (Å²) in [7, 11) is 0. The minimum absolute atomic E-state index is 0.453. The van der Waals surface area contributed by atoms with E-state index in [0.717, 1.165) is 33.5 Å². The zero-order valence-corrected chi connectivity index (χ0v) is 19.9. The molecule has 0 aliphatic heterocycles. The number of halogens is 5. The van der Waals surface area contributed by atoms with Crippen LogP contribution in [0.15, 0.2) is 67.0 Å². The van der Waals surface area contributed by atoms with Gasteiger partial charge in [0.2, 0.25) is 0 Å². The van der Waals surface area contributed by atoms with E-state index < -0.39 is 11.6 Å². The molecule has 0 bridgehead atoms. The Bertz CT molecular complexity index is 1480. The van der Waals surface area contributed by atoms with Crippen LogP contribution in [0.5, 0.6) is 0 Å². The maximum atomic E-state index is 13.4. The molecular formula is C26H17Cl3F2N2. The van der Waals surface area contributed by atoms with E-state index in [2.05, 4.69) is 9.97 Å². The monoisotopic (exact) mass is 500 g/mol. The Labute approximate surface area is 204 Å². The van der Waals surface area contributed by atoms with Gasteiger partial charge >= 0.3 is 0 Å². The molecule has 0 saturated heterocycles. The molecule has 33 heavy (non-hydrogen) atoms. The molecule has 3 aromatic carbocycles. The number of benzene rings is 3. The number of rotatable bonds is 1. The number of pyridine rings is 2. The molecule has 166 valence electrons. The van der Waals surface area contributed by atoms with Gasteiger partial charge in [0.1, 0.15) is 11.6 Å². The third-order valence-electron chi connectivity index (χ3n) is 5.29. The van der Waals surface area contributed by atoms with Gasteiger partial charge < -0.3 is 0 Å². The summed E-state index contributed by atoms with van der Waals surface area (Å²) in [6, 6.07) is 14.5. The summed E-state index contributed by atoms with van der Waals surface area (Å²) in [5.41, 5.74) is 4.35. The lowest BCUT2D eigenvalue weighted by atomic mass is 9.98. The Morgan fingerprint density at radius 2 is 1.18 bits per heavy atom. The zero-order valence-electron chi connectivity index (χ0n) is 17.6. The molecule has 2 nitrogen and oxygen atoms in total. The average Bonchev–Trinajstić information content (AvgIpc) is 2.80. The first-order valence-corrected chi connectivity index (χ1v) is 11.1. The van der Waals surface area contributed by atoms with Crippen LogP contribution in [0, 0.1) is 25.5 Å². The summed E-state index contributed by atoms with van der Waals surface area (Å²) in [6.45, 7) is 3.73. The zero-order chi connectivity index (χ0) is 23.7. The summed E-state index contributed by atoms with van der Waals surface area (Å²) in [5, 5.41) is 3.68. The van der Waals surface area contributed by atoms with Gasteiger partial charge in [-0.25, -0.2) is 8.78 Å². The first-order valence-electron chi connectivity index (χ1n) is 9.96. The van der Waals surface area contributed by atoms with Crippen molar-refractivity contribution in [2.45, 2.75) is 13.8 Å². The highest BCUT2D eigenvalue weighted by molar-refractivity contribution is 6.39. The molecule has 0 radical (unpaired) electrons. The molecule has 0 unspecified atom stereocenters. The highest BCUT2D eigenvalue weighted by atomic mass is 35.5. The van der Waals surface area contributed by atoms with Crippen molar-refractivity contribution in [1.82, 2.24) is 9.97 Å². The topological polar surface area (TPSA) is 25.8 Å². The molecule has 5 rings (SSSR count). The van der Waals surface area contributed by atoms with Gasteiger partial charge in [0, 0.05) is 34.3 Å². The second-order valence-corrected chi connectivity index (χ2v) is 8.62. The van der Waals surface area contributed by atoms with Crippen molar-refractivity contribution in [3.8, 4) is 11.1 Å². The molecule has 2 aromatic heterocycles. The van der Waals surface area contributed by atoms with Gasteiger partial charge in [-0.05, 0) is 84.6 Å². The fourth-order valence-electron chi connectivity index (χ4n) is 3.55. The highest BCUT2D eigenvalue weighted by Crippen LogP contribution is 2.35. The quantitative estimate of drug-likeness (QED) is 0.229. The lowest BCUT2D eigenvalue weighted by Gasteiger charge is -2.11. The van der Waals surface area contributed by atoms with Crippen LogP contribution in [-0.2, 0) is 0 Å². The lowest BCUT2D eigenvalue weighted by Crippen LogP contribution is -1.91. The van der Waals surface area contributed by atoms with E-state index in [-0.39, 0.29) is 0 Å². The van der Waals surface area contributed by atoms with Crippen LogP contribution in [-0.4, -0.2) is 9.97 Å². The van der Waals surface area contributed by atoms with Crippen LogP contribution < -0.4 is 0 Å². The first-order chi connectivity index (χ1) is 15.8. The van der Waals surface area contributed by atoms with Crippen molar-refractivity contribution in [3.63, 3.8) is 0 Å². The van der Waals surface area contributed by atoms with Crippen LogP contribution in [0.2, 0.25) is 15.1 Å². The van der Waals surface area contributed by atoms with Crippen molar-refractivity contribution in [3.05, 3.63) is 105 Å². The second-order valence-electron chi connectivity index (χ2n) is 7.46. The number of aromatic nitrogens is 2. The molecule has 5 aromatic rings. The largest absolute Gasteiger partial charge is 0.256 e. The van der Waals surface area contributed by atoms with E-state index in [1.54, 1.807) is 24.5 Å². The highest BCUT2D eigenvalue weighted by Gasteiger charge is 2.12. The summed E-state index contributed by atoms with van der Waals surface area (Å²) in [5.74, 6) is -1.23. The Morgan fingerprint density at radius 3 is 1.76 bits per heavy atom. The van der Waals surface area contributed by atoms with Crippen molar-refractivity contribution >= 4 is 56.6 Å². The van der Waals surface area contributed by atoms with Gasteiger partial charge in [0.05, 0.1) is 21.1 Å². The van der Waals surface area contributed by atoms with E-state index in [9.17, 15) is 8.78 Å². The first kappa shape index (κ1) is 23.4. The Balaban J connectivity index is 0.000000172. The fourth-order valence-corrected chi connectivity index (χ4v) is 4.32. The summed E-state index contributed by atoms with van der Waals surface area (Å²) < 4.78 is 26.7. The molecule has 7 heteroatoms. The van der Waals surface area contributed by atoms with E-state index >= 15 is 0 Å². The minimum atomic E-state index is -0.614. The SMILES string of the molecule is Cc1c(-c2cc(F)cc(F)c2)cc2ncccc2c1Cl.Cc1c(Cl)cc2ncccc2c1Cl. The van der Waals surface area contributed by atoms with E-state index in [0.29, 0.717) is 31.7 Å². The standard InChI is InChI=1S/C16H10ClF2N.C10H7Cl2N/c1-9-14(10-5-11(18)7-12(19)6-10)8-15-13(16(9)17)3-2-4-20-15;1-6-8(11)5-9-7(10(6)12)3-2-4-13-9/h2-8H,1H3;2-5H,1H3. The third kappa shape index (κ3) is 4.79. The van der Waals surface area contributed by atoms with Crippen LogP contribution in [0.25, 0.3) is 32.9 Å².